The molecule has 0 aliphatic rings. The van der Waals surface area contributed by atoms with E-state index in [0.717, 1.165) is 23.9 Å². The number of benzene rings is 2. The molecule has 0 spiro atoms. The normalized spacial score (nSPS) is 10.5. The van der Waals surface area contributed by atoms with Crippen LogP contribution in [-0.2, 0) is 4.79 Å². The summed E-state index contributed by atoms with van der Waals surface area (Å²) in [7, 11) is 0. The van der Waals surface area contributed by atoms with E-state index in [4.69, 9.17) is 0 Å². The second kappa shape index (κ2) is 7.00. The van der Waals surface area contributed by atoms with Crippen LogP contribution in [-0.4, -0.2) is 11.7 Å². The number of rotatable bonds is 4. The van der Waals surface area contributed by atoms with Crippen LogP contribution < -0.4 is 5.32 Å². The molecule has 0 aromatic heterocycles. The third-order valence-corrected chi connectivity index (χ3v) is 4.00. The molecule has 21 heavy (non-hydrogen) atoms. The molecular weight excluding hydrogens is 367 g/mol. The van der Waals surface area contributed by atoms with Crippen LogP contribution in [0.5, 0.6) is 0 Å². The molecule has 0 atom stereocenters. The molecule has 0 unspecified atom stereocenters. The highest BCUT2D eigenvalue weighted by Crippen LogP contribution is 2.23. The van der Waals surface area contributed by atoms with Gasteiger partial charge in [0.05, 0.1) is 11.4 Å². The number of carbonyl (C=O) groups excluding carboxylic acids is 1. The Morgan fingerprint density at radius 1 is 1.10 bits per heavy atom. The SMILES string of the molecule is O=C(CSc1ccc(F)cc1F)Nc1ccc(Br)cc1F. The zero-order chi connectivity index (χ0) is 15.4. The minimum atomic E-state index is -0.734. The Morgan fingerprint density at radius 3 is 2.52 bits per heavy atom. The average Bonchev–Trinajstić information content (AvgIpc) is 2.41. The zero-order valence-corrected chi connectivity index (χ0v) is 12.9. The summed E-state index contributed by atoms with van der Waals surface area (Å²) in [6.07, 6.45) is 0. The van der Waals surface area contributed by atoms with Crippen LogP contribution in [0.4, 0.5) is 18.9 Å². The number of hydrogen-bond acceptors (Lipinski definition) is 2. The molecule has 7 heteroatoms. The van der Waals surface area contributed by atoms with Crippen LogP contribution in [0, 0.1) is 17.5 Å². The van der Waals surface area contributed by atoms with Crippen molar-refractivity contribution in [2.24, 2.45) is 0 Å². The Labute approximate surface area is 131 Å². The lowest BCUT2D eigenvalue weighted by atomic mass is 10.3. The Balaban J connectivity index is 1.96. The first-order chi connectivity index (χ1) is 9.95. The van der Waals surface area contributed by atoms with E-state index < -0.39 is 23.4 Å². The fourth-order valence-electron chi connectivity index (χ4n) is 1.51. The first kappa shape index (κ1) is 15.9. The molecule has 0 heterocycles. The number of hydrogen-bond donors (Lipinski definition) is 1. The van der Waals surface area contributed by atoms with Gasteiger partial charge in [0, 0.05) is 15.4 Å². The third kappa shape index (κ3) is 4.50. The van der Waals surface area contributed by atoms with Crippen molar-refractivity contribution in [3.05, 3.63) is 58.3 Å². The van der Waals surface area contributed by atoms with E-state index in [-0.39, 0.29) is 16.3 Å². The summed E-state index contributed by atoms with van der Waals surface area (Å²) in [4.78, 5) is 11.8. The number of anilines is 1. The largest absolute Gasteiger partial charge is 0.323 e. The molecule has 0 bridgehead atoms. The fraction of sp³-hybridized carbons (Fsp3) is 0.0714. The topological polar surface area (TPSA) is 29.1 Å². The highest BCUT2D eigenvalue weighted by molar-refractivity contribution is 9.10. The lowest BCUT2D eigenvalue weighted by Gasteiger charge is -2.07. The predicted molar refractivity (Wildman–Crippen MR) is 79.8 cm³/mol. The molecule has 1 N–H and O–H groups in total. The third-order valence-electron chi connectivity index (χ3n) is 2.46. The summed E-state index contributed by atoms with van der Waals surface area (Å²) in [5, 5.41) is 2.39. The fourth-order valence-corrected chi connectivity index (χ4v) is 2.57. The maximum atomic E-state index is 13.5. The van der Waals surface area contributed by atoms with Crippen LogP contribution in [0.3, 0.4) is 0 Å². The van der Waals surface area contributed by atoms with Crippen LogP contribution >= 0.6 is 27.7 Å². The average molecular weight is 376 g/mol. The highest BCUT2D eigenvalue weighted by Gasteiger charge is 2.10. The summed E-state index contributed by atoms with van der Waals surface area (Å²) >= 11 is 4.02. The van der Waals surface area contributed by atoms with Gasteiger partial charge >= 0.3 is 0 Å². The van der Waals surface area contributed by atoms with Crippen molar-refractivity contribution in [2.75, 3.05) is 11.1 Å². The molecule has 0 fully saturated rings. The standard InChI is InChI=1S/C14H9BrF3NOS/c15-8-1-3-12(10(17)5-8)19-14(20)7-21-13-4-2-9(16)6-11(13)18/h1-6H,7H2,(H,19,20). The van der Waals surface area contributed by atoms with E-state index in [1.165, 1.54) is 18.2 Å². The molecule has 2 aromatic carbocycles. The van der Waals surface area contributed by atoms with E-state index in [2.05, 4.69) is 21.2 Å². The van der Waals surface area contributed by atoms with Gasteiger partial charge in [-0.05, 0) is 30.3 Å². The molecule has 0 radical (unpaired) electrons. The minimum absolute atomic E-state index is 0.0448. The molecule has 0 saturated carbocycles. The first-order valence-electron chi connectivity index (χ1n) is 5.78. The Hall–Kier alpha value is -1.47. The molecule has 0 saturated heterocycles. The summed E-state index contributed by atoms with van der Waals surface area (Å²) in [5.74, 6) is -2.58. The van der Waals surface area contributed by atoms with Crippen molar-refractivity contribution < 1.29 is 18.0 Å². The lowest BCUT2D eigenvalue weighted by molar-refractivity contribution is -0.113. The predicted octanol–water partition coefficient (Wildman–Crippen LogP) is 4.60. The molecule has 2 rings (SSSR count). The van der Waals surface area contributed by atoms with Gasteiger partial charge in [-0.15, -0.1) is 11.8 Å². The van der Waals surface area contributed by atoms with Gasteiger partial charge in [0.2, 0.25) is 5.91 Å². The summed E-state index contributed by atoms with van der Waals surface area (Å²) < 4.78 is 40.2. The van der Waals surface area contributed by atoms with Crippen LogP contribution in [0.2, 0.25) is 0 Å². The van der Waals surface area contributed by atoms with Crippen molar-refractivity contribution in [1.82, 2.24) is 0 Å². The van der Waals surface area contributed by atoms with Gasteiger partial charge in [-0.1, -0.05) is 15.9 Å². The molecule has 1 amide bonds. The summed E-state index contributed by atoms with van der Waals surface area (Å²) in [6, 6.07) is 7.34. The van der Waals surface area contributed by atoms with Crippen LogP contribution in [0.25, 0.3) is 0 Å². The molecule has 2 aromatic rings. The quantitative estimate of drug-likeness (QED) is 0.791. The van der Waals surface area contributed by atoms with Crippen LogP contribution in [0.15, 0.2) is 45.8 Å². The Bertz CT molecular complexity index is 681. The molecule has 0 aliphatic heterocycles. The van der Waals surface area contributed by atoms with E-state index in [1.807, 2.05) is 0 Å². The van der Waals surface area contributed by atoms with Gasteiger partial charge in [-0.3, -0.25) is 4.79 Å². The molecule has 2 nitrogen and oxygen atoms in total. The second-order valence-electron chi connectivity index (χ2n) is 4.04. The summed E-state index contributed by atoms with van der Waals surface area (Å²) in [6.45, 7) is 0. The monoisotopic (exact) mass is 375 g/mol. The molecule has 110 valence electrons. The smallest absolute Gasteiger partial charge is 0.234 e. The van der Waals surface area contributed by atoms with Crippen molar-refractivity contribution in [3.8, 4) is 0 Å². The number of halogens is 4. The maximum Gasteiger partial charge on any atom is 0.234 e. The van der Waals surface area contributed by atoms with Crippen molar-refractivity contribution in [3.63, 3.8) is 0 Å². The van der Waals surface area contributed by atoms with Crippen LogP contribution in [0.1, 0.15) is 0 Å². The number of nitrogens with one attached hydrogen (secondary N) is 1. The minimum Gasteiger partial charge on any atom is -0.323 e. The van der Waals surface area contributed by atoms with E-state index in [0.29, 0.717) is 4.47 Å². The van der Waals surface area contributed by atoms with Gasteiger partial charge in [0.25, 0.3) is 0 Å². The van der Waals surface area contributed by atoms with Gasteiger partial charge in [-0.2, -0.15) is 0 Å². The number of amides is 1. The second-order valence-corrected chi connectivity index (χ2v) is 5.97. The van der Waals surface area contributed by atoms with E-state index >= 15 is 0 Å². The Morgan fingerprint density at radius 2 is 1.86 bits per heavy atom. The lowest BCUT2D eigenvalue weighted by Crippen LogP contribution is -2.15. The molecular formula is C14H9BrF3NOS. The first-order valence-corrected chi connectivity index (χ1v) is 7.56. The zero-order valence-electron chi connectivity index (χ0n) is 10.5. The Kier molecular flexibility index (Phi) is 5.30. The van der Waals surface area contributed by atoms with Crippen molar-refractivity contribution in [2.45, 2.75) is 4.90 Å². The van der Waals surface area contributed by atoms with E-state index in [9.17, 15) is 18.0 Å². The highest BCUT2D eigenvalue weighted by atomic mass is 79.9. The van der Waals surface area contributed by atoms with Crippen molar-refractivity contribution >= 4 is 39.3 Å². The number of carbonyl (C=O) groups is 1. The number of thioether (sulfide) groups is 1. The van der Waals surface area contributed by atoms with E-state index in [1.54, 1.807) is 6.07 Å². The van der Waals surface area contributed by atoms with Gasteiger partial charge in [0.1, 0.15) is 17.5 Å². The molecule has 0 aliphatic carbocycles. The van der Waals surface area contributed by atoms with Crippen molar-refractivity contribution in [1.29, 1.82) is 0 Å². The van der Waals surface area contributed by atoms with Gasteiger partial charge < -0.3 is 5.32 Å². The summed E-state index contributed by atoms with van der Waals surface area (Å²) in [5.41, 5.74) is 0.0448. The maximum absolute atomic E-state index is 13.5. The van der Waals surface area contributed by atoms with Gasteiger partial charge in [-0.25, -0.2) is 13.2 Å². The van der Waals surface area contributed by atoms with Gasteiger partial charge in [0.15, 0.2) is 0 Å².